The summed E-state index contributed by atoms with van der Waals surface area (Å²) in [5.74, 6) is 1.76. The number of nitrogens with two attached hydrogens (primary N) is 1. The summed E-state index contributed by atoms with van der Waals surface area (Å²) in [6, 6.07) is 0. The molecule has 2 nitrogen and oxygen atoms in total. The molecular weight excluding hydrogens is 172 g/mol. The number of nitrogens with zero attached hydrogens (tertiary/aromatic N) is 1. The van der Waals surface area contributed by atoms with E-state index in [1.54, 1.807) is 0 Å². The molecule has 0 amide bonds. The van der Waals surface area contributed by atoms with Gasteiger partial charge in [0.15, 0.2) is 0 Å². The second-order valence-electron chi connectivity index (χ2n) is 4.89. The van der Waals surface area contributed by atoms with E-state index in [1.807, 2.05) is 0 Å². The fourth-order valence-corrected chi connectivity index (χ4v) is 2.57. The van der Waals surface area contributed by atoms with Gasteiger partial charge in [-0.25, -0.2) is 0 Å². The summed E-state index contributed by atoms with van der Waals surface area (Å²) in [6.07, 6.45) is 5.29. The van der Waals surface area contributed by atoms with Gasteiger partial charge < -0.3 is 10.6 Å². The van der Waals surface area contributed by atoms with Crippen LogP contribution in [0.1, 0.15) is 39.5 Å². The zero-order valence-corrected chi connectivity index (χ0v) is 9.84. The van der Waals surface area contributed by atoms with Crippen molar-refractivity contribution in [3.05, 3.63) is 0 Å². The Balaban J connectivity index is 2.15. The highest BCUT2D eigenvalue weighted by Gasteiger charge is 2.22. The summed E-state index contributed by atoms with van der Waals surface area (Å²) in [7, 11) is 0. The second-order valence-corrected chi connectivity index (χ2v) is 4.89. The Hall–Kier alpha value is -0.0800. The second kappa shape index (κ2) is 6.41. The van der Waals surface area contributed by atoms with Crippen molar-refractivity contribution in [1.82, 2.24) is 4.90 Å². The summed E-state index contributed by atoms with van der Waals surface area (Å²) in [4.78, 5) is 2.63. The van der Waals surface area contributed by atoms with Crippen molar-refractivity contribution in [2.24, 2.45) is 17.6 Å². The zero-order valence-electron chi connectivity index (χ0n) is 9.84. The quantitative estimate of drug-likeness (QED) is 0.708. The van der Waals surface area contributed by atoms with Crippen molar-refractivity contribution in [3.63, 3.8) is 0 Å². The third kappa shape index (κ3) is 3.97. The average Bonchev–Trinajstić information content (AvgIpc) is 2.53. The van der Waals surface area contributed by atoms with E-state index >= 15 is 0 Å². The Morgan fingerprint density at radius 3 is 2.93 bits per heavy atom. The lowest BCUT2D eigenvalue weighted by molar-refractivity contribution is 0.268. The van der Waals surface area contributed by atoms with Gasteiger partial charge in [-0.1, -0.05) is 20.3 Å². The van der Waals surface area contributed by atoms with Crippen LogP contribution in [0.25, 0.3) is 0 Å². The molecule has 0 aromatic carbocycles. The van der Waals surface area contributed by atoms with Crippen LogP contribution < -0.4 is 5.73 Å². The maximum atomic E-state index is 5.58. The predicted molar refractivity (Wildman–Crippen MR) is 62.3 cm³/mol. The molecule has 2 unspecified atom stereocenters. The number of hydrogen-bond donors (Lipinski definition) is 1. The summed E-state index contributed by atoms with van der Waals surface area (Å²) >= 11 is 0. The molecule has 1 aliphatic heterocycles. The molecular formula is C12H26N2. The molecule has 2 heteroatoms. The van der Waals surface area contributed by atoms with Crippen molar-refractivity contribution in [2.45, 2.75) is 39.5 Å². The van der Waals surface area contributed by atoms with Crippen LogP contribution in [0.2, 0.25) is 0 Å². The minimum atomic E-state index is 0.864. The molecule has 0 aromatic heterocycles. The smallest absolute Gasteiger partial charge is 0.00107 e. The van der Waals surface area contributed by atoms with E-state index in [1.165, 1.54) is 45.3 Å². The fourth-order valence-electron chi connectivity index (χ4n) is 2.57. The van der Waals surface area contributed by atoms with Crippen molar-refractivity contribution < 1.29 is 0 Å². The van der Waals surface area contributed by atoms with Crippen LogP contribution in [0.5, 0.6) is 0 Å². The molecule has 84 valence electrons. The van der Waals surface area contributed by atoms with Gasteiger partial charge in [-0.3, -0.25) is 0 Å². The average molecular weight is 198 g/mol. The Morgan fingerprint density at radius 1 is 1.50 bits per heavy atom. The van der Waals surface area contributed by atoms with E-state index in [-0.39, 0.29) is 0 Å². The van der Waals surface area contributed by atoms with Gasteiger partial charge in [0.05, 0.1) is 0 Å². The number of likely N-dealkylation sites (tertiary alicyclic amines) is 1. The summed E-state index contributed by atoms with van der Waals surface area (Å²) in [5, 5.41) is 0. The molecule has 0 radical (unpaired) electrons. The van der Waals surface area contributed by atoms with Gasteiger partial charge in [0.1, 0.15) is 0 Å². The van der Waals surface area contributed by atoms with E-state index in [0.717, 1.165) is 18.4 Å². The molecule has 2 N–H and O–H groups in total. The molecule has 0 aliphatic carbocycles. The van der Waals surface area contributed by atoms with Gasteiger partial charge in [0.25, 0.3) is 0 Å². The van der Waals surface area contributed by atoms with Gasteiger partial charge >= 0.3 is 0 Å². The van der Waals surface area contributed by atoms with Crippen LogP contribution in [0, 0.1) is 11.8 Å². The van der Waals surface area contributed by atoms with Crippen LogP contribution in [0.15, 0.2) is 0 Å². The first-order valence-electron chi connectivity index (χ1n) is 6.18. The molecule has 0 bridgehead atoms. The van der Waals surface area contributed by atoms with E-state index < -0.39 is 0 Å². The lowest BCUT2D eigenvalue weighted by atomic mass is 10.0. The van der Waals surface area contributed by atoms with Crippen LogP contribution in [0.4, 0.5) is 0 Å². The van der Waals surface area contributed by atoms with Gasteiger partial charge in [-0.15, -0.1) is 0 Å². The fraction of sp³-hybridized carbons (Fsp3) is 1.00. The normalized spacial score (nSPS) is 25.5. The van der Waals surface area contributed by atoms with E-state index in [0.29, 0.717) is 0 Å². The molecule has 0 spiro atoms. The first-order chi connectivity index (χ1) is 6.76. The van der Waals surface area contributed by atoms with Gasteiger partial charge in [0, 0.05) is 13.1 Å². The minimum Gasteiger partial charge on any atom is -0.330 e. The first-order valence-corrected chi connectivity index (χ1v) is 6.18. The van der Waals surface area contributed by atoms with Crippen LogP contribution in [-0.2, 0) is 0 Å². The van der Waals surface area contributed by atoms with Crippen LogP contribution in [-0.4, -0.2) is 31.1 Å². The Labute approximate surface area is 88.8 Å². The first kappa shape index (κ1) is 12.0. The van der Waals surface area contributed by atoms with E-state index in [9.17, 15) is 0 Å². The molecule has 14 heavy (non-hydrogen) atoms. The Bertz CT molecular complexity index is 147. The SMILES string of the molecule is CCCC(C)CN1CCC(CCN)C1. The predicted octanol–water partition coefficient (Wildman–Crippen LogP) is 2.09. The Kier molecular flexibility index (Phi) is 5.49. The molecule has 0 aromatic rings. The molecule has 1 aliphatic rings. The summed E-state index contributed by atoms with van der Waals surface area (Å²) < 4.78 is 0. The van der Waals surface area contributed by atoms with Crippen molar-refractivity contribution in [2.75, 3.05) is 26.2 Å². The molecule has 2 atom stereocenters. The minimum absolute atomic E-state index is 0.864. The standard InChI is InChI=1S/C12H26N2/c1-3-4-11(2)9-14-8-6-12(10-14)5-7-13/h11-12H,3-10,13H2,1-2H3. The zero-order chi connectivity index (χ0) is 10.4. The highest BCUT2D eigenvalue weighted by Crippen LogP contribution is 2.20. The molecule has 0 saturated carbocycles. The number of hydrogen-bond acceptors (Lipinski definition) is 2. The number of rotatable bonds is 6. The van der Waals surface area contributed by atoms with Crippen LogP contribution in [0.3, 0.4) is 0 Å². The largest absolute Gasteiger partial charge is 0.330 e. The van der Waals surface area contributed by atoms with Gasteiger partial charge in [-0.2, -0.15) is 0 Å². The van der Waals surface area contributed by atoms with Crippen LogP contribution >= 0.6 is 0 Å². The molecule has 1 rings (SSSR count). The molecule has 1 fully saturated rings. The summed E-state index contributed by atoms with van der Waals surface area (Å²) in [6.45, 7) is 9.42. The Morgan fingerprint density at radius 2 is 2.29 bits per heavy atom. The lowest BCUT2D eigenvalue weighted by Crippen LogP contribution is -2.26. The monoisotopic (exact) mass is 198 g/mol. The van der Waals surface area contributed by atoms with Crippen molar-refractivity contribution in [1.29, 1.82) is 0 Å². The molecule has 1 heterocycles. The lowest BCUT2D eigenvalue weighted by Gasteiger charge is -2.20. The molecule has 1 saturated heterocycles. The van der Waals surface area contributed by atoms with Crippen molar-refractivity contribution >= 4 is 0 Å². The van der Waals surface area contributed by atoms with Gasteiger partial charge in [-0.05, 0) is 44.2 Å². The van der Waals surface area contributed by atoms with Gasteiger partial charge in [0.2, 0.25) is 0 Å². The van der Waals surface area contributed by atoms with Crippen molar-refractivity contribution in [3.8, 4) is 0 Å². The maximum Gasteiger partial charge on any atom is 0.00107 e. The van der Waals surface area contributed by atoms with E-state index in [4.69, 9.17) is 5.73 Å². The highest BCUT2D eigenvalue weighted by molar-refractivity contribution is 4.76. The third-order valence-electron chi connectivity index (χ3n) is 3.30. The summed E-state index contributed by atoms with van der Waals surface area (Å²) in [5.41, 5.74) is 5.58. The highest BCUT2D eigenvalue weighted by atomic mass is 15.1. The maximum absolute atomic E-state index is 5.58. The topological polar surface area (TPSA) is 29.3 Å². The van der Waals surface area contributed by atoms with E-state index in [2.05, 4.69) is 18.7 Å². The third-order valence-corrected chi connectivity index (χ3v) is 3.30.